The Morgan fingerprint density at radius 1 is 1.29 bits per heavy atom. The van der Waals surface area contributed by atoms with Gasteiger partial charge in [-0.2, -0.15) is 0 Å². The number of imide groups is 1. The third-order valence-corrected chi connectivity index (χ3v) is 4.93. The van der Waals surface area contributed by atoms with Gasteiger partial charge in [-0.05, 0) is 36.0 Å². The molecule has 2 aromatic carbocycles. The number of para-hydroxylation sites is 1. The Morgan fingerprint density at radius 2 is 2.00 bits per heavy atom. The van der Waals surface area contributed by atoms with Crippen molar-refractivity contribution < 1.29 is 24.2 Å². The fraction of sp³-hybridized carbons (Fsp3) is 0.105. The number of nitrogens with zero attached hydrogens (tertiary/aromatic N) is 1. The smallest absolute Gasteiger partial charge is 0.294 e. The van der Waals surface area contributed by atoms with Crippen molar-refractivity contribution in [3.05, 3.63) is 58.0 Å². The number of thioether (sulfide) groups is 1. The van der Waals surface area contributed by atoms with E-state index in [0.29, 0.717) is 22.5 Å². The number of nitrogens with one attached hydrogen (secondary N) is 1. The highest BCUT2D eigenvalue weighted by Crippen LogP contribution is 2.38. The summed E-state index contributed by atoms with van der Waals surface area (Å²) in [6.07, 6.45) is 1.34. The summed E-state index contributed by atoms with van der Waals surface area (Å²) in [5.41, 5.74) is 0.787. The Balaban J connectivity index is 1.77. The lowest BCUT2D eigenvalue weighted by Crippen LogP contribution is -2.36. The number of carbonyl (C=O) groups is 3. The highest BCUT2D eigenvalue weighted by molar-refractivity contribution is 8.18. The predicted octanol–water partition coefficient (Wildman–Crippen LogP) is 3.73. The summed E-state index contributed by atoms with van der Waals surface area (Å²) in [5.74, 6) is -1.20. The molecule has 0 aliphatic carbocycles. The van der Waals surface area contributed by atoms with Gasteiger partial charge in [-0.3, -0.25) is 19.3 Å². The van der Waals surface area contributed by atoms with Crippen molar-refractivity contribution in [2.45, 2.75) is 0 Å². The number of rotatable bonds is 5. The Labute approximate surface area is 169 Å². The highest BCUT2D eigenvalue weighted by Gasteiger charge is 2.36. The molecule has 2 N–H and O–H groups in total. The van der Waals surface area contributed by atoms with Crippen molar-refractivity contribution in [3.63, 3.8) is 0 Å². The van der Waals surface area contributed by atoms with Crippen LogP contribution in [0.15, 0.2) is 47.4 Å². The van der Waals surface area contributed by atoms with Crippen LogP contribution in [0.5, 0.6) is 11.5 Å². The minimum absolute atomic E-state index is 0.0668. The summed E-state index contributed by atoms with van der Waals surface area (Å²) in [6, 6.07) is 11.6. The zero-order valence-corrected chi connectivity index (χ0v) is 16.2. The molecule has 7 nitrogen and oxygen atoms in total. The van der Waals surface area contributed by atoms with Gasteiger partial charge in [-0.1, -0.05) is 29.8 Å². The molecule has 0 radical (unpaired) electrons. The molecule has 0 aromatic heterocycles. The third-order valence-electron chi connectivity index (χ3n) is 3.81. The molecule has 3 amide bonds. The first-order valence-electron chi connectivity index (χ1n) is 8.06. The molecule has 0 bridgehead atoms. The highest BCUT2D eigenvalue weighted by atomic mass is 35.5. The van der Waals surface area contributed by atoms with Crippen LogP contribution in [-0.2, 0) is 9.59 Å². The van der Waals surface area contributed by atoms with Crippen LogP contribution in [0.4, 0.5) is 10.5 Å². The number of benzene rings is 2. The number of ether oxygens (including phenoxy) is 1. The van der Waals surface area contributed by atoms with E-state index in [4.69, 9.17) is 16.3 Å². The van der Waals surface area contributed by atoms with E-state index in [0.717, 1.165) is 4.90 Å². The average molecular weight is 419 g/mol. The molecule has 9 heteroatoms. The van der Waals surface area contributed by atoms with Crippen molar-refractivity contribution in [2.75, 3.05) is 19.0 Å². The first kappa shape index (κ1) is 19.8. The van der Waals surface area contributed by atoms with Crippen molar-refractivity contribution in [1.82, 2.24) is 4.90 Å². The van der Waals surface area contributed by atoms with Crippen LogP contribution in [0.1, 0.15) is 5.56 Å². The molecule has 3 rings (SSSR count). The number of aromatic hydroxyl groups is 1. The average Bonchev–Trinajstić information content (AvgIpc) is 2.92. The number of phenols is 1. The van der Waals surface area contributed by atoms with Crippen LogP contribution in [-0.4, -0.2) is 40.7 Å². The minimum Gasteiger partial charge on any atom is -0.504 e. The summed E-state index contributed by atoms with van der Waals surface area (Å²) in [5, 5.41) is 12.5. The van der Waals surface area contributed by atoms with Gasteiger partial charge in [0, 0.05) is 22.3 Å². The zero-order chi connectivity index (χ0) is 20.3. The molecule has 0 saturated carbocycles. The van der Waals surface area contributed by atoms with Crippen LogP contribution in [0, 0.1) is 0 Å². The molecule has 28 heavy (non-hydrogen) atoms. The van der Waals surface area contributed by atoms with E-state index in [1.54, 1.807) is 30.3 Å². The first-order chi connectivity index (χ1) is 13.4. The molecular weight excluding hydrogens is 404 g/mol. The molecule has 1 saturated heterocycles. The molecule has 1 fully saturated rings. The molecular formula is C19H15ClN2O5S. The number of carbonyl (C=O) groups excluding carboxylic acids is 3. The fourth-order valence-corrected chi connectivity index (χ4v) is 3.55. The molecule has 144 valence electrons. The van der Waals surface area contributed by atoms with E-state index in [-0.39, 0.29) is 22.0 Å². The maximum absolute atomic E-state index is 12.5. The molecule has 1 aliphatic rings. The van der Waals surface area contributed by atoms with Gasteiger partial charge in [0.05, 0.1) is 12.0 Å². The lowest BCUT2D eigenvalue weighted by Gasteiger charge is -2.12. The molecule has 1 aliphatic heterocycles. The van der Waals surface area contributed by atoms with E-state index >= 15 is 0 Å². The summed E-state index contributed by atoms with van der Waals surface area (Å²) in [4.78, 5) is 37.8. The summed E-state index contributed by atoms with van der Waals surface area (Å²) in [6.45, 7) is -0.415. The van der Waals surface area contributed by atoms with Crippen LogP contribution < -0.4 is 10.1 Å². The van der Waals surface area contributed by atoms with Crippen molar-refractivity contribution in [3.8, 4) is 11.5 Å². The number of methoxy groups -OCH3 is 1. The van der Waals surface area contributed by atoms with Gasteiger partial charge < -0.3 is 15.2 Å². The lowest BCUT2D eigenvalue weighted by atomic mass is 10.1. The van der Waals surface area contributed by atoms with E-state index in [9.17, 15) is 19.5 Å². The van der Waals surface area contributed by atoms with Crippen LogP contribution >= 0.6 is 23.4 Å². The molecule has 0 spiro atoms. The van der Waals surface area contributed by atoms with Crippen molar-refractivity contribution in [2.24, 2.45) is 0 Å². The molecule has 0 atom stereocenters. The van der Waals surface area contributed by atoms with E-state index in [1.165, 1.54) is 25.3 Å². The maximum Gasteiger partial charge on any atom is 0.294 e. The molecule has 0 unspecified atom stereocenters. The minimum atomic E-state index is -0.628. The van der Waals surface area contributed by atoms with Gasteiger partial charge in [0.25, 0.3) is 11.1 Å². The van der Waals surface area contributed by atoms with Crippen LogP contribution in [0.2, 0.25) is 5.02 Å². The number of hydrogen-bond donors (Lipinski definition) is 2. The predicted molar refractivity (Wildman–Crippen MR) is 107 cm³/mol. The zero-order valence-electron chi connectivity index (χ0n) is 14.6. The van der Waals surface area contributed by atoms with Gasteiger partial charge >= 0.3 is 0 Å². The van der Waals surface area contributed by atoms with Crippen LogP contribution in [0.25, 0.3) is 6.08 Å². The standard InChI is InChI=1S/C19H15ClN2O5S/c1-27-14-9-12(20)7-11(17(14)24)8-15-18(25)22(19(26)28-15)10-16(23)21-13-5-3-2-4-6-13/h2-9,24H,10H2,1H3,(H,21,23)/b15-8-. The number of anilines is 1. The van der Waals surface area contributed by atoms with Gasteiger partial charge in [-0.15, -0.1) is 0 Å². The summed E-state index contributed by atoms with van der Waals surface area (Å²) < 4.78 is 5.02. The fourth-order valence-electron chi connectivity index (χ4n) is 2.50. The Kier molecular flexibility index (Phi) is 5.91. The van der Waals surface area contributed by atoms with Gasteiger partial charge in [0.1, 0.15) is 6.54 Å². The van der Waals surface area contributed by atoms with Crippen LogP contribution in [0.3, 0.4) is 0 Å². The second-order valence-corrected chi connectivity index (χ2v) is 7.16. The number of halogens is 1. The van der Waals surface area contributed by atoms with E-state index < -0.39 is 23.6 Å². The second kappa shape index (κ2) is 8.37. The SMILES string of the molecule is COc1cc(Cl)cc(/C=C2\SC(=O)N(CC(=O)Nc3ccccc3)C2=O)c1O. The summed E-state index contributed by atoms with van der Waals surface area (Å²) >= 11 is 6.66. The second-order valence-electron chi connectivity index (χ2n) is 5.73. The monoisotopic (exact) mass is 418 g/mol. The normalized spacial score (nSPS) is 15.2. The van der Waals surface area contributed by atoms with Gasteiger partial charge in [0.2, 0.25) is 5.91 Å². The third kappa shape index (κ3) is 4.29. The van der Waals surface area contributed by atoms with E-state index in [2.05, 4.69) is 5.32 Å². The largest absolute Gasteiger partial charge is 0.504 e. The number of phenolic OH excluding ortho intramolecular Hbond substituents is 1. The lowest BCUT2D eigenvalue weighted by molar-refractivity contribution is -0.127. The maximum atomic E-state index is 12.5. The Hall–Kier alpha value is -2.97. The Morgan fingerprint density at radius 3 is 2.68 bits per heavy atom. The quantitative estimate of drug-likeness (QED) is 0.718. The topological polar surface area (TPSA) is 95.9 Å². The molecule has 1 heterocycles. The number of amides is 3. The first-order valence-corrected chi connectivity index (χ1v) is 9.25. The van der Waals surface area contributed by atoms with Gasteiger partial charge in [0.15, 0.2) is 11.5 Å². The summed E-state index contributed by atoms with van der Waals surface area (Å²) in [7, 11) is 1.37. The van der Waals surface area contributed by atoms with Crippen molar-refractivity contribution in [1.29, 1.82) is 0 Å². The van der Waals surface area contributed by atoms with Crippen molar-refractivity contribution >= 4 is 52.2 Å². The Bertz CT molecular complexity index is 978. The number of hydrogen-bond acceptors (Lipinski definition) is 6. The van der Waals surface area contributed by atoms with E-state index in [1.807, 2.05) is 0 Å². The van der Waals surface area contributed by atoms with Gasteiger partial charge in [-0.25, -0.2) is 0 Å². The molecule has 2 aromatic rings.